The Morgan fingerprint density at radius 1 is 1.09 bits per heavy atom. The summed E-state index contributed by atoms with van der Waals surface area (Å²) in [4.78, 5) is 17.2. The van der Waals surface area contributed by atoms with Crippen molar-refractivity contribution in [3.8, 4) is 16.2 Å². The van der Waals surface area contributed by atoms with E-state index in [-0.39, 0.29) is 12.2 Å². The fraction of sp³-hybridized carbons (Fsp3) is 0.174. The van der Waals surface area contributed by atoms with E-state index in [1.165, 1.54) is 11.3 Å². The molecule has 0 atom stereocenters. The van der Waals surface area contributed by atoms with Gasteiger partial charge in [0.2, 0.25) is 5.91 Å². The first-order valence-electron chi connectivity index (χ1n) is 9.50. The van der Waals surface area contributed by atoms with E-state index in [9.17, 15) is 9.90 Å². The Kier molecular flexibility index (Phi) is 8.31. The van der Waals surface area contributed by atoms with Gasteiger partial charge in [-0.3, -0.25) is 9.79 Å². The number of aliphatic imine (C=N–C) groups is 1. The molecule has 0 saturated carbocycles. The molecule has 0 bridgehead atoms. The molecule has 0 spiro atoms. The quantitative estimate of drug-likeness (QED) is 0.259. The van der Waals surface area contributed by atoms with E-state index >= 15 is 0 Å². The minimum absolute atomic E-state index is 0.0787. The smallest absolute Gasteiger partial charge is 0.221 e. The highest BCUT2D eigenvalue weighted by atomic mass is 35.5. The van der Waals surface area contributed by atoms with Gasteiger partial charge in [-0.25, -0.2) is 0 Å². The minimum atomic E-state index is -0.442. The van der Waals surface area contributed by atoms with Gasteiger partial charge in [-0.2, -0.15) is 0 Å². The molecule has 0 aliphatic heterocycles. The zero-order valence-electron chi connectivity index (χ0n) is 17.0. The number of carbonyl (C=O) groups excluding carboxylic acids is 1. The van der Waals surface area contributed by atoms with Crippen LogP contribution >= 0.6 is 58.4 Å². The first-order chi connectivity index (χ1) is 15.2. The van der Waals surface area contributed by atoms with E-state index in [0.29, 0.717) is 49.7 Å². The van der Waals surface area contributed by atoms with Crippen molar-refractivity contribution in [2.75, 3.05) is 6.54 Å². The predicted molar refractivity (Wildman–Crippen MR) is 139 cm³/mol. The van der Waals surface area contributed by atoms with Crippen LogP contribution in [0.3, 0.4) is 0 Å². The molecule has 0 saturated heterocycles. The molecule has 0 aliphatic carbocycles. The fourth-order valence-corrected chi connectivity index (χ4v) is 4.80. The number of thiophene rings is 1. The first kappa shape index (κ1) is 24.7. The van der Waals surface area contributed by atoms with E-state index in [0.717, 1.165) is 16.0 Å². The molecule has 1 heterocycles. The van der Waals surface area contributed by atoms with Gasteiger partial charge in [0.25, 0.3) is 0 Å². The van der Waals surface area contributed by atoms with Crippen molar-refractivity contribution in [2.24, 2.45) is 10.7 Å². The third kappa shape index (κ3) is 6.09. The zero-order chi connectivity index (χ0) is 23.4. The normalized spacial score (nSPS) is 11.6. The van der Waals surface area contributed by atoms with Gasteiger partial charge in [0.1, 0.15) is 5.75 Å². The Bertz CT molecular complexity index is 1220. The number of nitrogens with zero attached hydrogens (tertiary/aromatic N) is 1. The van der Waals surface area contributed by atoms with Gasteiger partial charge in [-0.05, 0) is 41.8 Å². The molecule has 166 valence electrons. The summed E-state index contributed by atoms with van der Waals surface area (Å²) in [5, 5.41) is 13.9. The number of carbonyl (C=O) groups is 1. The largest absolute Gasteiger partial charge is 0.506 e. The van der Waals surface area contributed by atoms with Crippen molar-refractivity contribution in [1.82, 2.24) is 0 Å². The molecule has 3 N–H and O–H groups in total. The average Bonchev–Trinajstić information content (AvgIpc) is 3.12. The summed E-state index contributed by atoms with van der Waals surface area (Å²) in [6, 6.07) is 10.7. The van der Waals surface area contributed by atoms with Crippen LogP contribution in [0.25, 0.3) is 10.4 Å². The molecule has 2 aromatic carbocycles. The molecule has 0 fully saturated rings. The molecule has 9 heteroatoms. The van der Waals surface area contributed by atoms with Crippen LogP contribution in [0.15, 0.2) is 46.8 Å². The third-order valence-corrected chi connectivity index (χ3v) is 7.10. The molecule has 3 aromatic rings. The Labute approximate surface area is 210 Å². The maximum Gasteiger partial charge on any atom is 0.221 e. The summed E-state index contributed by atoms with van der Waals surface area (Å²) in [7, 11) is 0. The molecule has 0 aliphatic rings. The van der Waals surface area contributed by atoms with Crippen LogP contribution in [0.1, 0.15) is 23.6 Å². The topological polar surface area (TPSA) is 75.7 Å². The molecule has 4 nitrogen and oxygen atoms in total. The second-order valence-electron chi connectivity index (χ2n) is 7.14. The molecule has 0 radical (unpaired) electrons. The Balaban J connectivity index is 1.71. The van der Waals surface area contributed by atoms with Gasteiger partial charge in [0.15, 0.2) is 0 Å². The van der Waals surface area contributed by atoms with Gasteiger partial charge in [0, 0.05) is 33.0 Å². The highest BCUT2D eigenvalue weighted by Gasteiger charge is 2.15. The number of amides is 1. The lowest BCUT2D eigenvalue weighted by Crippen LogP contribution is -2.14. The van der Waals surface area contributed by atoms with Crippen LogP contribution in [0.2, 0.25) is 15.1 Å². The van der Waals surface area contributed by atoms with Crippen molar-refractivity contribution in [3.63, 3.8) is 0 Å². The number of primary amides is 1. The average molecular weight is 526 g/mol. The molecule has 1 amide bonds. The number of aromatic hydroxyl groups is 1. The zero-order valence-corrected chi connectivity index (χ0v) is 20.9. The lowest BCUT2D eigenvalue weighted by Gasteiger charge is -2.07. The van der Waals surface area contributed by atoms with Gasteiger partial charge >= 0.3 is 0 Å². The number of benzene rings is 2. The molecule has 32 heavy (non-hydrogen) atoms. The number of hydrogen-bond donors (Lipinski definition) is 2. The molecule has 1 aromatic heterocycles. The molecule has 3 rings (SSSR count). The fourth-order valence-electron chi connectivity index (χ4n) is 3.09. The van der Waals surface area contributed by atoms with E-state index in [1.54, 1.807) is 18.2 Å². The minimum Gasteiger partial charge on any atom is -0.506 e. The predicted octanol–water partition coefficient (Wildman–Crippen LogP) is 6.53. The summed E-state index contributed by atoms with van der Waals surface area (Å²) in [5.41, 5.74) is 8.99. The van der Waals surface area contributed by atoms with Crippen LogP contribution in [0.4, 0.5) is 0 Å². The number of halogens is 3. The summed E-state index contributed by atoms with van der Waals surface area (Å²) in [6.45, 7) is 2.16. The molecular formula is C23H19Cl3N2O2S2. The number of nitrogens with two attached hydrogens (primary N) is 1. The van der Waals surface area contributed by atoms with Gasteiger partial charge < -0.3 is 10.8 Å². The molecular weight excluding hydrogens is 507 g/mol. The SMILES string of the molecule is CC(=NCC(=S)Cc1ccc(Cl)c(CC(N)=O)c1)c1csc(-c2ccc(Cl)c(Cl)c2)c1O. The summed E-state index contributed by atoms with van der Waals surface area (Å²) < 4.78 is 0. The summed E-state index contributed by atoms with van der Waals surface area (Å²) in [6.07, 6.45) is 0.592. The summed E-state index contributed by atoms with van der Waals surface area (Å²) >= 11 is 25.1. The lowest BCUT2D eigenvalue weighted by molar-refractivity contribution is -0.117. The van der Waals surface area contributed by atoms with Crippen LogP contribution in [0.5, 0.6) is 5.75 Å². The van der Waals surface area contributed by atoms with Crippen molar-refractivity contribution in [3.05, 3.63) is 73.5 Å². The van der Waals surface area contributed by atoms with E-state index in [4.69, 9.17) is 52.8 Å². The Morgan fingerprint density at radius 2 is 1.81 bits per heavy atom. The molecule has 0 unspecified atom stereocenters. The monoisotopic (exact) mass is 524 g/mol. The third-order valence-electron chi connectivity index (χ3n) is 4.71. The van der Waals surface area contributed by atoms with E-state index < -0.39 is 5.91 Å². The van der Waals surface area contributed by atoms with Crippen LogP contribution in [-0.4, -0.2) is 28.1 Å². The Hall–Kier alpha value is -1.96. The standard InChI is InChI=1S/C23H19Cl3N2O2S2/c1-12(17-11-32-23(22(17)30)14-3-5-19(25)20(26)8-14)28-10-16(31)7-13-2-4-18(24)15(6-13)9-21(27)29/h2-6,8,11,30H,7,9-10H2,1H3,(H2,27,29). The van der Waals surface area contributed by atoms with Crippen molar-refractivity contribution in [1.29, 1.82) is 0 Å². The van der Waals surface area contributed by atoms with Crippen molar-refractivity contribution >= 4 is 74.8 Å². The van der Waals surface area contributed by atoms with Crippen molar-refractivity contribution < 1.29 is 9.90 Å². The van der Waals surface area contributed by atoms with Gasteiger partial charge in [-0.15, -0.1) is 11.3 Å². The van der Waals surface area contributed by atoms with E-state index in [1.807, 2.05) is 30.5 Å². The van der Waals surface area contributed by atoms with Gasteiger partial charge in [-0.1, -0.05) is 65.2 Å². The lowest BCUT2D eigenvalue weighted by atomic mass is 10.0. The van der Waals surface area contributed by atoms with Gasteiger partial charge in [0.05, 0.1) is 27.9 Å². The second-order valence-corrected chi connectivity index (χ2v) is 9.82. The van der Waals surface area contributed by atoms with Crippen LogP contribution < -0.4 is 5.73 Å². The first-order valence-corrected chi connectivity index (χ1v) is 11.9. The van der Waals surface area contributed by atoms with Crippen LogP contribution in [-0.2, 0) is 17.6 Å². The highest BCUT2D eigenvalue weighted by molar-refractivity contribution is 7.80. The number of hydrogen-bond acceptors (Lipinski definition) is 5. The van der Waals surface area contributed by atoms with E-state index in [2.05, 4.69) is 4.99 Å². The second kappa shape index (κ2) is 10.8. The Morgan fingerprint density at radius 3 is 2.50 bits per heavy atom. The highest BCUT2D eigenvalue weighted by Crippen LogP contribution is 2.40. The van der Waals surface area contributed by atoms with Crippen LogP contribution in [0, 0.1) is 0 Å². The number of thiocarbonyl (C=S) groups is 1. The number of rotatable bonds is 8. The van der Waals surface area contributed by atoms with Crippen molar-refractivity contribution in [2.45, 2.75) is 19.8 Å². The summed E-state index contributed by atoms with van der Waals surface area (Å²) in [5.74, 6) is -0.294. The maximum absolute atomic E-state index is 11.2. The maximum atomic E-state index is 11.2.